The van der Waals surface area contributed by atoms with E-state index in [2.05, 4.69) is 12.2 Å². The van der Waals surface area contributed by atoms with Gasteiger partial charge in [-0.05, 0) is 49.4 Å². The van der Waals surface area contributed by atoms with Crippen molar-refractivity contribution in [1.29, 1.82) is 0 Å². The topological polar surface area (TPSA) is 32.3 Å². The summed E-state index contributed by atoms with van der Waals surface area (Å²) < 4.78 is 0. The zero-order chi connectivity index (χ0) is 13.8. The fraction of sp³-hybridized carbons (Fsp3) is 0.533. The quantitative estimate of drug-likeness (QED) is 0.921. The SMILES string of the molecule is Cc1cc(Cl)ccc1NCC(=O)N1CCC(C)CC1. The van der Waals surface area contributed by atoms with Gasteiger partial charge in [0.2, 0.25) is 5.91 Å². The van der Waals surface area contributed by atoms with Gasteiger partial charge in [0, 0.05) is 23.8 Å². The Labute approximate surface area is 119 Å². The van der Waals surface area contributed by atoms with E-state index in [1.54, 1.807) is 0 Å². The standard InChI is InChI=1S/C15H21ClN2O/c1-11-5-7-18(8-6-11)15(19)10-17-14-4-3-13(16)9-12(14)2/h3-4,9,11,17H,5-8,10H2,1-2H3. The van der Waals surface area contributed by atoms with Crippen molar-refractivity contribution in [2.45, 2.75) is 26.7 Å². The van der Waals surface area contributed by atoms with Crippen molar-refractivity contribution in [3.63, 3.8) is 0 Å². The molecule has 1 aliphatic heterocycles. The lowest BCUT2D eigenvalue weighted by Crippen LogP contribution is -2.40. The summed E-state index contributed by atoms with van der Waals surface area (Å²) in [6.07, 6.45) is 2.23. The van der Waals surface area contributed by atoms with Crippen molar-refractivity contribution in [3.05, 3.63) is 28.8 Å². The summed E-state index contributed by atoms with van der Waals surface area (Å²) in [5.41, 5.74) is 2.04. The minimum atomic E-state index is 0.182. The highest BCUT2D eigenvalue weighted by atomic mass is 35.5. The van der Waals surface area contributed by atoms with Gasteiger partial charge in [0.25, 0.3) is 0 Å². The predicted octanol–water partition coefficient (Wildman–Crippen LogP) is 3.32. The lowest BCUT2D eigenvalue weighted by Gasteiger charge is -2.30. The Morgan fingerprint density at radius 1 is 1.42 bits per heavy atom. The maximum Gasteiger partial charge on any atom is 0.241 e. The molecule has 0 unspecified atom stereocenters. The van der Waals surface area contributed by atoms with E-state index in [0.717, 1.165) is 48.1 Å². The monoisotopic (exact) mass is 280 g/mol. The third-order valence-electron chi connectivity index (χ3n) is 3.75. The van der Waals surface area contributed by atoms with Crippen molar-refractivity contribution in [2.75, 3.05) is 25.0 Å². The van der Waals surface area contributed by atoms with E-state index in [-0.39, 0.29) is 5.91 Å². The van der Waals surface area contributed by atoms with Crippen LogP contribution in [0.5, 0.6) is 0 Å². The number of hydrogen-bond acceptors (Lipinski definition) is 2. The van der Waals surface area contributed by atoms with Crippen molar-refractivity contribution in [3.8, 4) is 0 Å². The van der Waals surface area contributed by atoms with Crippen LogP contribution in [-0.2, 0) is 4.79 Å². The summed E-state index contributed by atoms with van der Waals surface area (Å²) in [6, 6.07) is 5.66. The van der Waals surface area contributed by atoms with Crippen LogP contribution >= 0.6 is 11.6 Å². The largest absolute Gasteiger partial charge is 0.376 e. The van der Waals surface area contributed by atoms with E-state index in [4.69, 9.17) is 11.6 Å². The molecule has 3 nitrogen and oxygen atoms in total. The van der Waals surface area contributed by atoms with Crippen LogP contribution in [0.4, 0.5) is 5.69 Å². The first-order valence-electron chi connectivity index (χ1n) is 6.84. The molecule has 0 spiro atoms. The van der Waals surface area contributed by atoms with Crippen LogP contribution in [0.15, 0.2) is 18.2 Å². The molecule has 0 aliphatic carbocycles. The Kier molecular flexibility index (Phi) is 4.70. The van der Waals surface area contributed by atoms with Crippen LogP contribution in [-0.4, -0.2) is 30.4 Å². The van der Waals surface area contributed by atoms with E-state index in [0.29, 0.717) is 6.54 Å². The second-order valence-corrected chi connectivity index (χ2v) is 5.81. The number of aryl methyl sites for hydroxylation is 1. The first kappa shape index (κ1) is 14.2. The molecule has 0 saturated carbocycles. The smallest absolute Gasteiger partial charge is 0.241 e. The third kappa shape index (κ3) is 3.87. The first-order chi connectivity index (χ1) is 9.06. The van der Waals surface area contributed by atoms with E-state index in [1.807, 2.05) is 30.0 Å². The van der Waals surface area contributed by atoms with Gasteiger partial charge >= 0.3 is 0 Å². The molecule has 19 heavy (non-hydrogen) atoms. The molecule has 2 rings (SSSR count). The normalized spacial score (nSPS) is 16.5. The number of amides is 1. The number of hydrogen-bond donors (Lipinski definition) is 1. The molecule has 1 aromatic carbocycles. The van der Waals surface area contributed by atoms with Gasteiger partial charge in [-0.3, -0.25) is 4.79 Å². The molecule has 0 atom stereocenters. The van der Waals surface area contributed by atoms with Gasteiger partial charge in [0.15, 0.2) is 0 Å². The van der Waals surface area contributed by atoms with Gasteiger partial charge in [-0.2, -0.15) is 0 Å². The van der Waals surface area contributed by atoms with Crippen LogP contribution in [0.1, 0.15) is 25.3 Å². The molecule has 104 valence electrons. The number of nitrogens with zero attached hydrogens (tertiary/aromatic N) is 1. The average molecular weight is 281 g/mol. The second-order valence-electron chi connectivity index (χ2n) is 5.38. The van der Waals surface area contributed by atoms with E-state index in [1.165, 1.54) is 0 Å². The Morgan fingerprint density at radius 2 is 2.11 bits per heavy atom. The minimum Gasteiger partial charge on any atom is -0.376 e. The second kappa shape index (κ2) is 6.29. The average Bonchev–Trinajstić information content (AvgIpc) is 2.38. The lowest BCUT2D eigenvalue weighted by atomic mass is 9.99. The number of piperidine rings is 1. The van der Waals surface area contributed by atoms with Crippen LogP contribution in [0.3, 0.4) is 0 Å². The number of anilines is 1. The van der Waals surface area contributed by atoms with E-state index >= 15 is 0 Å². The van der Waals surface area contributed by atoms with Crippen molar-refractivity contribution >= 4 is 23.2 Å². The maximum absolute atomic E-state index is 12.1. The molecule has 1 amide bonds. The van der Waals surface area contributed by atoms with Gasteiger partial charge in [-0.25, -0.2) is 0 Å². The van der Waals surface area contributed by atoms with Crippen molar-refractivity contribution in [2.24, 2.45) is 5.92 Å². The zero-order valence-electron chi connectivity index (χ0n) is 11.6. The number of rotatable bonds is 3. The molecule has 1 heterocycles. The predicted molar refractivity (Wildman–Crippen MR) is 79.7 cm³/mol. The van der Waals surface area contributed by atoms with Crippen molar-refractivity contribution in [1.82, 2.24) is 4.90 Å². The molecule has 0 aromatic heterocycles. The first-order valence-corrected chi connectivity index (χ1v) is 7.22. The van der Waals surface area contributed by atoms with E-state index < -0.39 is 0 Å². The van der Waals surface area contributed by atoms with Gasteiger partial charge in [0.05, 0.1) is 6.54 Å². The molecular weight excluding hydrogens is 260 g/mol. The van der Waals surface area contributed by atoms with E-state index in [9.17, 15) is 4.79 Å². The summed E-state index contributed by atoms with van der Waals surface area (Å²) in [4.78, 5) is 14.1. The summed E-state index contributed by atoms with van der Waals surface area (Å²) in [5.74, 6) is 0.928. The Balaban J connectivity index is 1.86. The molecule has 4 heteroatoms. The molecule has 1 N–H and O–H groups in total. The van der Waals surface area contributed by atoms with Crippen LogP contribution in [0.25, 0.3) is 0 Å². The van der Waals surface area contributed by atoms with Gasteiger partial charge < -0.3 is 10.2 Å². The summed E-state index contributed by atoms with van der Waals surface area (Å²) in [6.45, 7) is 6.37. The summed E-state index contributed by atoms with van der Waals surface area (Å²) in [5, 5.41) is 3.92. The highest BCUT2D eigenvalue weighted by molar-refractivity contribution is 6.30. The highest BCUT2D eigenvalue weighted by Gasteiger charge is 2.19. The molecule has 0 radical (unpaired) electrons. The number of carbonyl (C=O) groups excluding carboxylic acids is 1. The number of benzene rings is 1. The third-order valence-corrected chi connectivity index (χ3v) is 3.99. The van der Waals surface area contributed by atoms with Crippen molar-refractivity contribution < 1.29 is 4.79 Å². The number of likely N-dealkylation sites (tertiary alicyclic amines) is 1. The van der Waals surface area contributed by atoms with Crippen LogP contribution in [0, 0.1) is 12.8 Å². The fourth-order valence-electron chi connectivity index (χ4n) is 2.37. The fourth-order valence-corrected chi connectivity index (χ4v) is 2.59. The Bertz CT molecular complexity index is 453. The zero-order valence-corrected chi connectivity index (χ0v) is 12.3. The minimum absolute atomic E-state index is 0.182. The molecule has 1 aliphatic rings. The maximum atomic E-state index is 12.1. The molecule has 1 saturated heterocycles. The Hall–Kier alpha value is -1.22. The summed E-state index contributed by atoms with van der Waals surface area (Å²) >= 11 is 5.91. The molecule has 0 bridgehead atoms. The Morgan fingerprint density at radius 3 is 2.74 bits per heavy atom. The number of halogens is 1. The van der Waals surface area contributed by atoms with Gasteiger partial charge in [-0.15, -0.1) is 0 Å². The van der Waals surface area contributed by atoms with Crippen LogP contribution < -0.4 is 5.32 Å². The number of nitrogens with one attached hydrogen (secondary N) is 1. The lowest BCUT2D eigenvalue weighted by molar-refractivity contribution is -0.130. The van der Waals surface area contributed by atoms with Gasteiger partial charge in [-0.1, -0.05) is 18.5 Å². The number of carbonyl (C=O) groups is 1. The van der Waals surface area contributed by atoms with Crippen LogP contribution in [0.2, 0.25) is 5.02 Å². The molecular formula is C15H21ClN2O. The highest BCUT2D eigenvalue weighted by Crippen LogP contribution is 2.20. The summed E-state index contributed by atoms with van der Waals surface area (Å²) in [7, 11) is 0. The van der Waals surface area contributed by atoms with Gasteiger partial charge in [0.1, 0.15) is 0 Å². The molecule has 1 aromatic rings. The molecule has 1 fully saturated rings.